The van der Waals surface area contributed by atoms with Crippen molar-refractivity contribution in [3.63, 3.8) is 0 Å². The highest BCUT2D eigenvalue weighted by atomic mass is 16.5. The molecule has 1 N–H and O–H groups in total. The summed E-state index contributed by atoms with van der Waals surface area (Å²) < 4.78 is 12.9. The molecule has 1 aromatic heterocycles. The lowest BCUT2D eigenvalue weighted by molar-refractivity contribution is -0.149. The van der Waals surface area contributed by atoms with Crippen molar-refractivity contribution >= 4 is 17.0 Å². The van der Waals surface area contributed by atoms with Gasteiger partial charge in [0.2, 0.25) is 0 Å². The quantitative estimate of drug-likeness (QED) is 0.911. The molecule has 2 aromatic rings. The lowest BCUT2D eigenvalue weighted by Gasteiger charge is -2.14. The zero-order valence-corrected chi connectivity index (χ0v) is 11.9. The molecule has 0 spiro atoms. The molecule has 2 unspecified atom stereocenters. The predicted octanol–water partition coefficient (Wildman–Crippen LogP) is 1.99. The fourth-order valence-corrected chi connectivity index (χ4v) is 2.77. The van der Waals surface area contributed by atoms with Gasteiger partial charge in [0.05, 0.1) is 17.6 Å². The van der Waals surface area contributed by atoms with E-state index in [9.17, 15) is 4.79 Å². The molecule has 21 heavy (non-hydrogen) atoms. The Labute approximate surface area is 122 Å². The number of carbonyl (C=O) groups is 1. The van der Waals surface area contributed by atoms with Crippen LogP contribution in [0.2, 0.25) is 0 Å². The molecule has 112 valence electrons. The molecule has 1 saturated heterocycles. The van der Waals surface area contributed by atoms with E-state index in [2.05, 4.69) is 9.55 Å². The van der Waals surface area contributed by atoms with Gasteiger partial charge in [-0.3, -0.25) is 0 Å². The molecule has 6 nitrogen and oxygen atoms in total. The van der Waals surface area contributed by atoms with Gasteiger partial charge >= 0.3 is 5.97 Å². The Morgan fingerprint density at radius 2 is 2.29 bits per heavy atom. The number of imidazole rings is 1. The molecule has 3 rings (SSSR count). The molecule has 2 atom stereocenters. The first-order valence-electron chi connectivity index (χ1n) is 7.03. The standard InChI is InChI=1S/C15H18N2O4/c1-20-9-8-17-11-5-3-2-4-10(11)16-14(17)12-6-7-13(21-12)15(18)19/h2-5,12-13H,6-9H2,1H3,(H,18,19). The number of carboxylic acids is 1. The van der Waals surface area contributed by atoms with Gasteiger partial charge in [0.25, 0.3) is 0 Å². The minimum absolute atomic E-state index is 0.268. The molecule has 0 bridgehead atoms. The lowest BCUT2D eigenvalue weighted by Crippen LogP contribution is -2.19. The van der Waals surface area contributed by atoms with Gasteiger partial charge in [-0.25, -0.2) is 9.78 Å². The molecular formula is C15H18N2O4. The van der Waals surface area contributed by atoms with E-state index >= 15 is 0 Å². The number of para-hydroxylation sites is 2. The van der Waals surface area contributed by atoms with Crippen LogP contribution in [0.15, 0.2) is 24.3 Å². The van der Waals surface area contributed by atoms with Crippen molar-refractivity contribution in [2.75, 3.05) is 13.7 Å². The van der Waals surface area contributed by atoms with Crippen LogP contribution >= 0.6 is 0 Å². The van der Waals surface area contributed by atoms with Crippen LogP contribution in [0.1, 0.15) is 24.8 Å². The van der Waals surface area contributed by atoms with Gasteiger partial charge in [-0.15, -0.1) is 0 Å². The van der Waals surface area contributed by atoms with E-state index in [1.807, 2.05) is 24.3 Å². The first-order valence-corrected chi connectivity index (χ1v) is 7.03. The molecule has 2 heterocycles. The second-order valence-corrected chi connectivity index (χ2v) is 5.13. The third-order valence-electron chi connectivity index (χ3n) is 3.79. The van der Waals surface area contributed by atoms with E-state index in [1.165, 1.54) is 0 Å². The number of hydrogen-bond acceptors (Lipinski definition) is 4. The molecule has 1 fully saturated rings. The normalized spacial score (nSPS) is 22.0. The van der Waals surface area contributed by atoms with Crippen LogP contribution < -0.4 is 0 Å². The van der Waals surface area contributed by atoms with Gasteiger partial charge in [-0.05, 0) is 25.0 Å². The van der Waals surface area contributed by atoms with Crippen molar-refractivity contribution in [2.45, 2.75) is 31.6 Å². The van der Waals surface area contributed by atoms with Gasteiger partial charge in [0.15, 0.2) is 6.10 Å². The van der Waals surface area contributed by atoms with Crippen LogP contribution in [0.4, 0.5) is 0 Å². The molecule has 6 heteroatoms. The van der Waals surface area contributed by atoms with Gasteiger partial charge in [0.1, 0.15) is 11.9 Å². The van der Waals surface area contributed by atoms with Crippen LogP contribution in [-0.2, 0) is 20.8 Å². The smallest absolute Gasteiger partial charge is 0.332 e. The maximum atomic E-state index is 11.0. The van der Waals surface area contributed by atoms with Gasteiger partial charge in [-0.1, -0.05) is 12.1 Å². The number of ether oxygens (including phenoxy) is 2. The summed E-state index contributed by atoms with van der Waals surface area (Å²) in [6.07, 6.45) is 0.196. The van der Waals surface area contributed by atoms with Gasteiger partial charge < -0.3 is 19.1 Å². The number of aliphatic carboxylic acids is 1. The predicted molar refractivity (Wildman–Crippen MR) is 76.1 cm³/mol. The van der Waals surface area contributed by atoms with Crippen LogP contribution in [0, 0.1) is 0 Å². The van der Waals surface area contributed by atoms with E-state index in [1.54, 1.807) is 7.11 Å². The maximum absolute atomic E-state index is 11.0. The van der Waals surface area contributed by atoms with Crippen LogP contribution in [-0.4, -0.2) is 40.4 Å². The summed E-state index contributed by atoms with van der Waals surface area (Å²) in [6.45, 7) is 1.24. The first kappa shape index (κ1) is 14.0. The van der Waals surface area contributed by atoms with Crippen molar-refractivity contribution < 1.29 is 19.4 Å². The van der Waals surface area contributed by atoms with E-state index in [4.69, 9.17) is 14.6 Å². The summed E-state index contributed by atoms with van der Waals surface area (Å²) in [5, 5.41) is 9.06. The summed E-state index contributed by atoms with van der Waals surface area (Å²) >= 11 is 0. The summed E-state index contributed by atoms with van der Waals surface area (Å²) in [5.41, 5.74) is 1.91. The Kier molecular flexibility index (Phi) is 3.90. The Morgan fingerprint density at radius 1 is 1.48 bits per heavy atom. The molecule has 0 aliphatic carbocycles. The number of hydrogen-bond donors (Lipinski definition) is 1. The second-order valence-electron chi connectivity index (χ2n) is 5.13. The average Bonchev–Trinajstić information content (AvgIpc) is 3.09. The average molecular weight is 290 g/mol. The number of methoxy groups -OCH3 is 1. The first-order chi connectivity index (χ1) is 10.2. The molecule has 1 aromatic carbocycles. The number of benzene rings is 1. The molecule has 1 aliphatic rings. The van der Waals surface area contributed by atoms with Crippen molar-refractivity contribution in [2.24, 2.45) is 0 Å². The SMILES string of the molecule is COCCn1c(C2CCC(C(=O)O)O2)nc2ccccc21. The number of fused-ring (bicyclic) bond motifs is 1. The topological polar surface area (TPSA) is 73.6 Å². The molecule has 0 amide bonds. The Balaban J connectivity index is 1.95. The van der Waals surface area contributed by atoms with E-state index < -0.39 is 12.1 Å². The van der Waals surface area contributed by atoms with Crippen molar-refractivity contribution in [1.29, 1.82) is 0 Å². The van der Waals surface area contributed by atoms with E-state index in [0.29, 0.717) is 26.0 Å². The summed E-state index contributed by atoms with van der Waals surface area (Å²) in [5.74, 6) is -0.117. The largest absolute Gasteiger partial charge is 0.479 e. The number of nitrogens with zero attached hydrogens (tertiary/aromatic N) is 2. The molecule has 0 radical (unpaired) electrons. The Morgan fingerprint density at radius 3 is 3.00 bits per heavy atom. The van der Waals surface area contributed by atoms with E-state index in [0.717, 1.165) is 16.9 Å². The summed E-state index contributed by atoms with van der Waals surface area (Å²) in [7, 11) is 1.66. The second kappa shape index (κ2) is 5.83. The minimum atomic E-state index is -0.906. The van der Waals surface area contributed by atoms with Crippen molar-refractivity contribution in [1.82, 2.24) is 9.55 Å². The fraction of sp³-hybridized carbons (Fsp3) is 0.467. The Bertz CT molecular complexity index is 652. The molecular weight excluding hydrogens is 272 g/mol. The van der Waals surface area contributed by atoms with E-state index in [-0.39, 0.29) is 6.10 Å². The monoisotopic (exact) mass is 290 g/mol. The van der Waals surface area contributed by atoms with Gasteiger partial charge in [0, 0.05) is 13.7 Å². The number of carboxylic acid groups (broad SMARTS) is 1. The third kappa shape index (κ3) is 2.64. The minimum Gasteiger partial charge on any atom is -0.479 e. The highest BCUT2D eigenvalue weighted by molar-refractivity contribution is 5.76. The fourth-order valence-electron chi connectivity index (χ4n) is 2.77. The van der Waals surface area contributed by atoms with Crippen molar-refractivity contribution in [3.8, 4) is 0 Å². The Hall–Kier alpha value is -1.92. The zero-order valence-electron chi connectivity index (χ0n) is 11.9. The summed E-state index contributed by atoms with van der Waals surface area (Å²) in [4.78, 5) is 15.7. The molecule has 0 saturated carbocycles. The highest BCUT2D eigenvalue weighted by Crippen LogP contribution is 2.34. The molecule has 1 aliphatic heterocycles. The van der Waals surface area contributed by atoms with Gasteiger partial charge in [-0.2, -0.15) is 0 Å². The lowest BCUT2D eigenvalue weighted by atomic mass is 10.2. The number of aromatic nitrogens is 2. The zero-order chi connectivity index (χ0) is 14.8. The van der Waals surface area contributed by atoms with Crippen LogP contribution in [0.3, 0.4) is 0 Å². The van der Waals surface area contributed by atoms with Crippen LogP contribution in [0.5, 0.6) is 0 Å². The number of rotatable bonds is 5. The summed E-state index contributed by atoms with van der Waals surface area (Å²) in [6, 6.07) is 7.86. The van der Waals surface area contributed by atoms with Crippen molar-refractivity contribution in [3.05, 3.63) is 30.1 Å². The van der Waals surface area contributed by atoms with Crippen LogP contribution in [0.25, 0.3) is 11.0 Å². The highest BCUT2D eigenvalue weighted by Gasteiger charge is 2.34. The maximum Gasteiger partial charge on any atom is 0.332 e. The third-order valence-corrected chi connectivity index (χ3v) is 3.79.